The molecular weight excluding hydrogens is 292 g/mol. The minimum Gasteiger partial charge on any atom is -0.368 e. The largest absolute Gasteiger partial charge is 0.368 e. The zero-order chi connectivity index (χ0) is 12.5. The van der Waals surface area contributed by atoms with Crippen LogP contribution in [-0.2, 0) is 0 Å². The van der Waals surface area contributed by atoms with Gasteiger partial charge in [0.2, 0.25) is 0 Å². The fraction of sp³-hybridized carbons (Fsp3) is 0.385. The van der Waals surface area contributed by atoms with Crippen LogP contribution < -0.4 is 10.6 Å². The monoisotopic (exact) mass is 306 g/mol. The molecule has 1 atom stereocenters. The number of rotatable bonds is 1. The van der Waals surface area contributed by atoms with E-state index < -0.39 is 0 Å². The summed E-state index contributed by atoms with van der Waals surface area (Å²) in [5.41, 5.74) is 9.06. The molecule has 18 heavy (non-hydrogen) atoms. The maximum atomic E-state index is 6.05. The molecule has 1 fully saturated rings. The average molecular weight is 307 g/mol. The van der Waals surface area contributed by atoms with Crippen LogP contribution in [0.1, 0.15) is 12.8 Å². The van der Waals surface area contributed by atoms with E-state index in [-0.39, 0.29) is 6.04 Å². The number of piperidine rings is 1. The number of nitrogens with two attached hydrogens (primary N) is 1. The van der Waals surface area contributed by atoms with Gasteiger partial charge >= 0.3 is 0 Å². The highest BCUT2D eigenvalue weighted by Crippen LogP contribution is 2.27. The van der Waals surface area contributed by atoms with Gasteiger partial charge in [0.25, 0.3) is 0 Å². The molecule has 1 saturated heterocycles. The smallest absolute Gasteiger partial charge is 0.112 e. The third-order valence-electron chi connectivity index (χ3n) is 3.32. The predicted molar refractivity (Wildman–Crippen MR) is 76.7 cm³/mol. The van der Waals surface area contributed by atoms with Gasteiger partial charge in [-0.2, -0.15) is 0 Å². The van der Waals surface area contributed by atoms with Crippen LogP contribution in [0.3, 0.4) is 0 Å². The molecule has 0 amide bonds. The molecule has 5 heteroatoms. The lowest BCUT2D eigenvalue weighted by atomic mass is 10.1. The summed E-state index contributed by atoms with van der Waals surface area (Å²) in [6.45, 7) is 1.95. The van der Waals surface area contributed by atoms with Crippen molar-refractivity contribution in [3.63, 3.8) is 0 Å². The highest BCUT2D eigenvalue weighted by atomic mass is 79.9. The molecule has 0 aliphatic carbocycles. The Bertz CT molecular complexity index is 572. The molecule has 2 N–H and O–H groups in total. The first-order valence-corrected chi connectivity index (χ1v) is 6.94. The van der Waals surface area contributed by atoms with E-state index in [1.807, 2.05) is 24.5 Å². The Kier molecular flexibility index (Phi) is 3.18. The number of anilines is 1. The summed E-state index contributed by atoms with van der Waals surface area (Å²) in [5.74, 6) is 0. The van der Waals surface area contributed by atoms with Gasteiger partial charge in [-0.25, -0.2) is 0 Å². The lowest BCUT2D eigenvalue weighted by molar-refractivity contribution is 0.507. The number of pyridine rings is 2. The average Bonchev–Trinajstić information content (AvgIpc) is 2.37. The standard InChI is InChI=1S/C13H15BrN4/c14-9-6-11-13(17-7-9)12(3-4-16-11)18-5-1-2-10(15)8-18/h3-4,6-7,10H,1-2,5,8,15H2/t10-/m1/s1. The minimum atomic E-state index is 0.261. The lowest BCUT2D eigenvalue weighted by Gasteiger charge is -2.32. The van der Waals surface area contributed by atoms with E-state index >= 15 is 0 Å². The molecule has 1 aliphatic heterocycles. The molecule has 0 bridgehead atoms. The van der Waals surface area contributed by atoms with Crippen LogP contribution in [0, 0.1) is 0 Å². The Morgan fingerprint density at radius 3 is 3.11 bits per heavy atom. The van der Waals surface area contributed by atoms with Crippen molar-refractivity contribution in [1.29, 1.82) is 0 Å². The molecule has 2 aromatic heterocycles. The molecule has 0 saturated carbocycles. The fourth-order valence-corrected chi connectivity index (χ4v) is 2.79. The summed E-state index contributed by atoms with van der Waals surface area (Å²) in [6.07, 6.45) is 5.91. The van der Waals surface area contributed by atoms with Gasteiger partial charge in [0.15, 0.2) is 0 Å². The van der Waals surface area contributed by atoms with E-state index in [0.717, 1.165) is 47.1 Å². The van der Waals surface area contributed by atoms with Gasteiger partial charge in [-0.3, -0.25) is 9.97 Å². The van der Waals surface area contributed by atoms with Crippen LogP contribution in [0.15, 0.2) is 29.0 Å². The molecule has 3 rings (SSSR count). The summed E-state index contributed by atoms with van der Waals surface area (Å²) < 4.78 is 0.954. The quantitative estimate of drug-likeness (QED) is 0.878. The summed E-state index contributed by atoms with van der Waals surface area (Å²) in [6, 6.07) is 4.29. The highest BCUT2D eigenvalue weighted by Gasteiger charge is 2.19. The van der Waals surface area contributed by atoms with E-state index in [1.54, 1.807) is 0 Å². The van der Waals surface area contributed by atoms with Crippen LogP contribution in [0.5, 0.6) is 0 Å². The van der Waals surface area contributed by atoms with Crippen molar-refractivity contribution in [1.82, 2.24) is 9.97 Å². The van der Waals surface area contributed by atoms with Gasteiger partial charge in [0.1, 0.15) is 5.52 Å². The van der Waals surface area contributed by atoms with Crippen molar-refractivity contribution in [3.05, 3.63) is 29.0 Å². The van der Waals surface area contributed by atoms with Crippen molar-refractivity contribution in [2.24, 2.45) is 5.73 Å². The second kappa shape index (κ2) is 4.82. The van der Waals surface area contributed by atoms with E-state index in [9.17, 15) is 0 Å². The second-order valence-electron chi connectivity index (χ2n) is 4.70. The van der Waals surface area contributed by atoms with Crippen molar-refractivity contribution >= 4 is 32.7 Å². The van der Waals surface area contributed by atoms with E-state index in [0.29, 0.717) is 0 Å². The Labute approximate surface area is 114 Å². The van der Waals surface area contributed by atoms with Crippen molar-refractivity contribution < 1.29 is 0 Å². The number of fused-ring (bicyclic) bond motifs is 1. The zero-order valence-corrected chi connectivity index (χ0v) is 11.6. The van der Waals surface area contributed by atoms with Crippen LogP contribution in [-0.4, -0.2) is 29.1 Å². The number of hydrogen-bond acceptors (Lipinski definition) is 4. The minimum absolute atomic E-state index is 0.261. The maximum Gasteiger partial charge on any atom is 0.112 e. The van der Waals surface area contributed by atoms with Gasteiger partial charge in [-0.1, -0.05) is 0 Å². The van der Waals surface area contributed by atoms with Crippen LogP contribution in [0.25, 0.3) is 11.0 Å². The number of halogens is 1. The van der Waals surface area contributed by atoms with E-state index in [2.05, 4.69) is 30.8 Å². The first-order valence-electron chi connectivity index (χ1n) is 6.15. The highest BCUT2D eigenvalue weighted by molar-refractivity contribution is 9.10. The van der Waals surface area contributed by atoms with Gasteiger partial charge in [-0.05, 0) is 40.9 Å². The first-order chi connectivity index (χ1) is 8.74. The first kappa shape index (κ1) is 11.9. The molecule has 3 heterocycles. The van der Waals surface area contributed by atoms with Crippen molar-refractivity contribution in [2.75, 3.05) is 18.0 Å². The topological polar surface area (TPSA) is 55.0 Å². The molecule has 2 aromatic rings. The SMILES string of the molecule is N[C@@H]1CCCN(c2ccnc3cc(Br)cnc23)C1. The number of aromatic nitrogens is 2. The van der Waals surface area contributed by atoms with E-state index in [1.165, 1.54) is 0 Å². The molecular formula is C13H15BrN4. The molecule has 1 aliphatic rings. The molecule has 0 radical (unpaired) electrons. The molecule has 94 valence electrons. The Morgan fingerprint density at radius 2 is 2.28 bits per heavy atom. The molecule has 0 unspecified atom stereocenters. The molecule has 0 spiro atoms. The van der Waals surface area contributed by atoms with Crippen LogP contribution in [0.4, 0.5) is 5.69 Å². The number of nitrogens with zero attached hydrogens (tertiary/aromatic N) is 3. The molecule has 4 nitrogen and oxygen atoms in total. The Hall–Kier alpha value is -1.20. The van der Waals surface area contributed by atoms with Crippen LogP contribution >= 0.6 is 15.9 Å². The third kappa shape index (κ3) is 2.20. The van der Waals surface area contributed by atoms with Crippen molar-refractivity contribution in [3.8, 4) is 0 Å². The summed E-state index contributed by atoms with van der Waals surface area (Å²) in [7, 11) is 0. The zero-order valence-electron chi connectivity index (χ0n) is 10.0. The summed E-state index contributed by atoms with van der Waals surface area (Å²) in [5, 5.41) is 0. The lowest BCUT2D eigenvalue weighted by Crippen LogP contribution is -2.42. The van der Waals surface area contributed by atoms with Gasteiger partial charge in [0.05, 0.1) is 11.2 Å². The number of hydrogen-bond donors (Lipinski definition) is 1. The van der Waals surface area contributed by atoms with Crippen LogP contribution in [0.2, 0.25) is 0 Å². The maximum absolute atomic E-state index is 6.05. The van der Waals surface area contributed by atoms with Gasteiger partial charge in [0, 0.05) is 36.0 Å². The Morgan fingerprint density at radius 1 is 1.39 bits per heavy atom. The Balaban J connectivity index is 2.05. The second-order valence-corrected chi connectivity index (χ2v) is 5.62. The third-order valence-corrected chi connectivity index (χ3v) is 3.76. The van der Waals surface area contributed by atoms with Crippen molar-refractivity contribution in [2.45, 2.75) is 18.9 Å². The predicted octanol–water partition coefficient (Wildman–Crippen LogP) is 2.32. The summed E-state index contributed by atoms with van der Waals surface area (Å²) >= 11 is 3.43. The van der Waals surface area contributed by atoms with Gasteiger partial charge in [-0.15, -0.1) is 0 Å². The molecule has 0 aromatic carbocycles. The fourth-order valence-electron chi connectivity index (χ4n) is 2.48. The van der Waals surface area contributed by atoms with Gasteiger partial charge < -0.3 is 10.6 Å². The normalized spacial score (nSPS) is 20.3. The summed E-state index contributed by atoms with van der Waals surface area (Å²) in [4.78, 5) is 11.2. The van der Waals surface area contributed by atoms with E-state index in [4.69, 9.17) is 5.73 Å².